The number of alkyl halides is 5. The molecule has 1 N–H and O–H groups in total. The molecule has 1 aromatic heterocycles. The average Bonchev–Trinajstić information content (AvgIpc) is 2.71. The van der Waals surface area contributed by atoms with Crippen LogP contribution in [0.1, 0.15) is 18.5 Å². The molecule has 2 nitrogen and oxygen atoms in total. The minimum atomic E-state index is -4.53. The first-order valence-corrected chi connectivity index (χ1v) is 6.35. The van der Waals surface area contributed by atoms with E-state index >= 15 is 0 Å². The minimum absolute atomic E-state index is 0.0137. The van der Waals surface area contributed by atoms with Crippen LogP contribution in [0.2, 0.25) is 5.15 Å². The highest BCUT2D eigenvalue weighted by molar-refractivity contribution is 6.29. The van der Waals surface area contributed by atoms with Gasteiger partial charge in [0, 0.05) is 6.04 Å². The Morgan fingerprint density at radius 2 is 2.10 bits per heavy atom. The largest absolute Gasteiger partial charge is 0.390 e. The summed E-state index contributed by atoms with van der Waals surface area (Å²) in [4.78, 5) is 3.81. The fourth-order valence-corrected chi connectivity index (χ4v) is 2.81. The topological polar surface area (TPSA) is 24.9 Å². The van der Waals surface area contributed by atoms with Gasteiger partial charge in [-0.05, 0) is 25.1 Å². The Bertz CT molecular complexity index is 479. The third-order valence-corrected chi connectivity index (χ3v) is 3.78. The molecule has 0 amide bonds. The van der Waals surface area contributed by atoms with E-state index in [1.807, 2.05) is 0 Å². The Hall–Kier alpha value is -0.950. The zero-order chi connectivity index (χ0) is 15.0. The Morgan fingerprint density at radius 1 is 1.40 bits per heavy atom. The van der Waals surface area contributed by atoms with Crippen molar-refractivity contribution in [2.45, 2.75) is 36.9 Å². The van der Waals surface area contributed by atoms with Crippen molar-refractivity contribution in [1.82, 2.24) is 10.3 Å². The SMILES string of the molecule is FC(F)C1(c2cccc(Cl)n2)CCNC1CC(F)(F)F. The Labute approximate surface area is 117 Å². The van der Waals surface area contributed by atoms with Gasteiger partial charge in [-0.3, -0.25) is 0 Å². The van der Waals surface area contributed by atoms with Gasteiger partial charge in [0.2, 0.25) is 0 Å². The van der Waals surface area contributed by atoms with Crippen LogP contribution < -0.4 is 5.32 Å². The molecule has 2 unspecified atom stereocenters. The van der Waals surface area contributed by atoms with E-state index in [1.54, 1.807) is 0 Å². The van der Waals surface area contributed by atoms with E-state index in [9.17, 15) is 22.0 Å². The van der Waals surface area contributed by atoms with Crippen LogP contribution in [0, 0.1) is 0 Å². The second-order valence-corrected chi connectivity index (χ2v) is 5.15. The number of hydrogen-bond acceptors (Lipinski definition) is 2. The van der Waals surface area contributed by atoms with Gasteiger partial charge in [0.15, 0.2) is 0 Å². The molecule has 1 aromatic rings. The minimum Gasteiger partial charge on any atom is -0.312 e. The summed E-state index contributed by atoms with van der Waals surface area (Å²) in [5, 5.41) is 2.51. The second kappa shape index (κ2) is 5.44. The van der Waals surface area contributed by atoms with Crippen molar-refractivity contribution >= 4 is 11.6 Å². The predicted molar refractivity (Wildman–Crippen MR) is 64.0 cm³/mol. The van der Waals surface area contributed by atoms with Crippen LogP contribution in [-0.2, 0) is 5.41 Å². The average molecular weight is 315 g/mol. The quantitative estimate of drug-likeness (QED) is 0.682. The van der Waals surface area contributed by atoms with Gasteiger partial charge in [-0.1, -0.05) is 17.7 Å². The van der Waals surface area contributed by atoms with Gasteiger partial charge in [0.1, 0.15) is 5.15 Å². The summed E-state index contributed by atoms with van der Waals surface area (Å²) in [7, 11) is 0. The van der Waals surface area contributed by atoms with E-state index in [0.29, 0.717) is 0 Å². The molecule has 1 aliphatic heterocycles. The fraction of sp³-hybridized carbons (Fsp3) is 0.583. The monoisotopic (exact) mass is 314 g/mol. The molecule has 0 aliphatic carbocycles. The molecule has 20 heavy (non-hydrogen) atoms. The summed E-state index contributed by atoms with van der Waals surface area (Å²) in [6.45, 7) is 0.0826. The lowest BCUT2D eigenvalue weighted by Gasteiger charge is -2.34. The Balaban J connectivity index is 2.43. The van der Waals surface area contributed by atoms with E-state index in [1.165, 1.54) is 18.2 Å². The van der Waals surface area contributed by atoms with Crippen LogP contribution in [0.3, 0.4) is 0 Å². The van der Waals surface area contributed by atoms with Crippen molar-refractivity contribution in [2.24, 2.45) is 0 Å². The summed E-state index contributed by atoms with van der Waals surface area (Å²) < 4.78 is 64.8. The van der Waals surface area contributed by atoms with Crippen LogP contribution >= 0.6 is 11.6 Å². The van der Waals surface area contributed by atoms with Crippen LogP contribution in [0.25, 0.3) is 0 Å². The van der Waals surface area contributed by atoms with Crippen molar-refractivity contribution in [3.05, 3.63) is 29.0 Å². The van der Waals surface area contributed by atoms with Crippen molar-refractivity contribution in [3.8, 4) is 0 Å². The number of aromatic nitrogens is 1. The van der Waals surface area contributed by atoms with Gasteiger partial charge in [-0.25, -0.2) is 13.8 Å². The molecule has 2 heterocycles. The highest BCUT2D eigenvalue weighted by Crippen LogP contribution is 2.44. The molecule has 8 heteroatoms. The maximum atomic E-state index is 13.5. The molecule has 0 radical (unpaired) electrons. The summed E-state index contributed by atoms with van der Waals surface area (Å²) in [6.07, 6.45) is -8.93. The lowest BCUT2D eigenvalue weighted by atomic mass is 9.76. The summed E-state index contributed by atoms with van der Waals surface area (Å²) in [6, 6.07) is 2.70. The van der Waals surface area contributed by atoms with Crippen LogP contribution in [0.4, 0.5) is 22.0 Å². The van der Waals surface area contributed by atoms with E-state index in [0.717, 1.165) is 0 Å². The maximum absolute atomic E-state index is 13.5. The van der Waals surface area contributed by atoms with E-state index in [2.05, 4.69) is 10.3 Å². The van der Waals surface area contributed by atoms with Gasteiger partial charge in [0.25, 0.3) is 6.43 Å². The molecule has 0 aromatic carbocycles. The van der Waals surface area contributed by atoms with Crippen LogP contribution in [0.5, 0.6) is 0 Å². The molecule has 0 spiro atoms. The number of hydrogen-bond donors (Lipinski definition) is 1. The van der Waals surface area contributed by atoms with E-state index in [-0.39, 0.29) is 23.8 Å². The molecule has 112 valence electrons. The highest BCUT2D eigenvalue weighted by Gasteiger charge is 2.55. The van der Waals surface area contributed by atoms with Gasteiger partial charge in [-0.15, -0.1) is 0 Å². The van der Waals surface area contributed by atoms with E-state index in [4.69, 9.17) is 11.6 Å². The highest BCUT2D eigenvalue weighted by atomic mass is 35.5. The van der Waals surface area contributed by atoms with Gasteiger partial charge in [-0.2, -0.15) is 13.2 Å². The fourth-order valence-electron chi connectivity index (χ4n) is 2.64. The lowest BCUT2D eigenvalue weighted by molar-refractivity contribution is -0.146. The summed E-state index contributed by atoms with van der Waals surface area (Å²) in [5.74, 6) is 0. The molecular weight excluding hydrogens is 303 g/mol. The standard InChI is InChI=1S/C12H12ClF5N2/c13-9-3-1-2-7(20-9)11(10(14)15)4-5-19-8(11)6-12(16,17)18/h1-3,8,10,19H,4-6H2. The molecule has 1 aliphatic rings. The maximum Gasteiger partial charge on any atom is 0.390 e. The molecule has 2 atom stereocenters. The first-order chi connectivity index (χ1) is 9.25. The van der Waals surface area contributed by atoms with Crippen molar-refractivity contribution < 1.29 is 22.0 Å². The molecular formula is C12H12ClF5N2. The molecule has 2 rings (SSSR count). The normalized spacial score (nSPS) is 27.2. The zero-order valence-corrected chi connectivity index (χ0v) is 11.0. The van der Waals surface area contributed by atoms with Gasteiger partial charge >= 0.3 is 6.18 Å². The zero-order valence-electron chi connectivity index (χ0n) is 10.2. The molecule has 0 bridgehead atoms. The third-order valence-electron chi connectivity index (χ3n) is 3.57. The first-order valence-electron chi connectivity index (χ1n) is 5.97. The number of rotatable bonds is 3. The predicted octanol–water partition coefficient (Wildman–Crippen LogP) is 3.55. The number of halogens is 6. The lowest BCUT2D eigenvalue weighted by Crippen LogP contribution is -2.48. The van der Waals surface area contributed by atoms with Crippen LogP contribution in [-0.4, -0.2) is 30.2 Å². The molecule has 1 fully saturated rings. The molecule has 0 saturated carbocycles. The Morgan fingerprint density at radius 3 is 2.65 bits per heavy atom. The Kier molecular flexibility index (Phi) is 4.20. The second-order valence-electron chi connectivity index (χ2n) is 4.76. The van der Waals surface area contributed by atoms with Crippen molar-refractivity contribution in [2.75, 3.05) is 6.54 Å². The summed E-state index contributed by atoms with van der Waals surface area (Å²) in [5.41, 5.74) is -2.06. The van der Waals surface area contributed by atoms with Crippen LogP contribution in [0.15, 0.2) is 18.2 Å². The number of nitrogens with one attached hydrogen (secondary N) is 1. The smallest absolute Gasteiger partial charge is 0.312 e. The van der Waals surface area contributed by atoms with Crippen molar-refractivity contribution in [1.29, 1.82) is 0 Å². The number of pyridine rings is 1. The van der Waals surface area contributed by atoms with E-state index < -0.39 is 30.5 Å². The first kappa shape index (κ1) is 15.4. The summed E-state index contributed by atoms with van der Waals surface area (Å²) >= 11 is 5.67. The molecule has 1 saturated heterocycles. The number of nitrogens with zero attached hydrogens (tertiary/aromatic N) is 1. The van der Waals surface area contributed by atoms with Gasteiger partial charge < -0.3 is 5.32 Å². The van der Waals surface area contributed by atoms with Gasteiger partial charge in [0.05, 0.1) is 17.5 Å². The third kappa shape index (κ3) is 2.88. The van der Waals surface area contributed by atoms with Crippen molar-refractivity contribution in [3.63, 3.8) is 0 Å².